The molecule has 2 aromatic rings. The van der Waals surface area contributed by atoms with E-state index in [1.807, 2.05) is 30.3 Å². The summed E-state index contributed by atoms with van der Waals surface area (Å²) in [7, 11) is 0. The van der Waals surface area contributed by atoms with Crippen LogP contribution in [0.25, 0.3) is 16.8 Å². The van der Waals surface area contributed by atoms with E-state index in [1.165, 1.54) is 0 Å². The van der Waals surface area contributed by atoms with Crippen molar-refractivity contribution in [3.8, 4) is 0 Å². The van der Waals surface area contributed by atoms with Gasteiger partial charge in [0.25, 0.3) is 0 Å². The summed E-state index contributed by atoms with van der Waals surface area (Å²) in [5.41, 5.74) is 1.35. The van der Waals surface area contributed by atoms with Gasteiger partial charge in [0, 0.05) is 16.7 Å². The molecule has 22 heavy (non-hydrogen) atoms. The molecule has 0 heterocycles. The fourth-order valence-electron chi connectivity index (χ4n) is 2.85. The van der Waals surface area contributed by atoms with Crippen molar-refractivity contribution in [3.63, 3.8) is 0 Å². The maximum absolute atomic E-state index is 12.6. The van der Waals surface area contributed by atoms with Crippen molar-refractivity contribution >= 4 is 28.4 Å². The number of hydrogen-bond acceptors (Lipinski definition) is 4. The van der Waals surface area contributed by atoms with E-state index in [4.69, 9.17) is 0 Å². The first-order valence-electron chi connectivity index (χ1n) is 6.74. The molecule has 2 aliphatic rings. The van der Waals surface area contributed by atoms with Gasteiger partial charge in [-0.2, -0.15) is 0 Å². The molecule has 0 amide bonds. The highest BCUT2D eigenvalue weighted by Crippen LogP contribution is 2.35. The van der Waals surface area contributed by atoms with Crippen molar-refractivity contribution in [1.82, 2.24) is 0 Å². The van der Waals surface area contributed by atoms with E-state index in [-0.39, 0.29) is 16.9 Å². The Bertz CT molecular complexity index is 974. The zero-order valence-corrected chi connectivity index (χ0v) is 11.3. The summed E-state index contributed by atoms with van der Waals surface area (Å²) in [6.07, 6.45) is 2.73. The SMILES string of the molecule is O=C1C2=Cc3cc4ccccc4cc3C(=O)C2=CC(O)=C1O. The van der Waals surface area contributed by atoms with Gasteiger partial charge >= 0.3 is 0 Å². The van der Waals surface area contributed by atoms with Gasteiger partial charge in [0.2, 0.25) is 11.5 Å². The third-order valence-electron chi connectivity index (χ3n) is 3.98. The summed E-state index contributed by atoms with van der Waals surface area (Å²) in [5.74, 6) is -2.37. The Hall–Kier alpha value is -3.14. The molecule has 2 aliphatic carbocycles. The van der Waals surface area contributed by atoms with Crippen molar-refractivity contribution < 1.29 is 19.8 Å². The van der Waals surface area contributed by atoms with E-state index in [0.29, 0.717) is 11.1 Å². The number of ketones is 2. The first kappa shape index (κ1) is 12.6. The van der Waals surface area contributed by atoms with E-state index in [2.05, 4.69) is 0 Å². The van der Waals surface area contributed by atoms with Crippen LogP contribution >= 0.6 is 0 Å². The molecule has 4 rings (SSSR count). The van der Waals surface area contributed by atoms with Crippen LogP contribution in [-0.4, -0.2) is 21.8 Å². The zero-order chi connectivity index (χ0) is 15.4. The Morgan fingerprint density at radius 3 is 2.14 bits per heavy atom. The number of fused-ring (bicyclic) bond motifs is 3. The molecule has 0 fully saturated rings. The summed E-state index contributed by atoms with van der Waals surface area (Å²) >= 11 is 0. The molecule has 2 aromatic carbocycles. The molecule has 0 unspecified atom stereocenters. The molecule has 4 heteroatoms. The summed E-state index contributed by atoms with van der Waals surface area (Å²) < 4.78 is 0. The minimum absolute atomic E-state index is 0.114. The third-order valence-corrected chi connectivity index (χ3v) is 3.98. The van der Waals surface area contributed by atoms with Gasteiger partial charge in [0.1, 0.15) is 0 Å². The fraction of sp³-hybridized carbons (Fsp3) is 0. The smallest absolute Gasteiger partial charge is 0.231 e. The van der Waals surface area contributed by atoms with Gasteiger partial charge in [-0.3, -0.25) is 9.59 Å². The second kappa shape index (κ2) is 4.18. The van der Waals surface area contributed by atoms with Gasteiger partial charge in [-0.25, -0.2) is 0 Å². The quantitative estimate of drug-likeness (QED) is 0.781. The first-order chi connectivity index (χ1) is 10.6. The molecular formula is C18H10O4. The van der Waals surface area contributed by atoms with Gasteiger partial charge in [0.05, 0.1) is 0 Å². The summed E-state index contributed by atoms with van der Waals surface area (Å²) in [6, 6.07) is 11.2. The maximum Gasteiger partial charge on any atom is 0.231 e. The molecule has 106 valence electrons. The van der Waals surface area contributed by atoms with Gasteiger partial charge in [-0.15, -0.1) is 0 Å². The minimum Gasteiger partial charge on any atom is -0.504 e. The van der Waals surface area contributed by atoms with Crippen LogP contribution in [0.4, 0.5) is 0 Å². The second-order valence-electron chi connectivity index (χ2n) is 5.29. The molecule has 0 aromatic heterocycles. The predicted octanol–water partition coefficient (Wildman–Crippen LogP) is 3.26. The Labute approximate surface area is 125 Å². The molecule has 0 spiro atoms. The second-order valence-corrected chi connectivity index (χ2v) is 5.29. The molecule has 0 radical (unpaired) electrons. The minimum atomic E-state index is -0.734. The van der Waals surface area contributed by atoms with Crippen LogP contribution in [0.1, 0.15) is 15.9 Å². The Kier molecular flexibility index (Phi) is 2.39. The highest BCUT2D eigenvalue weighted by Gasteiger charge is 2.34. The zero-order valence-electron chi connectivity index (χ0n) is 11.3. The standard InChI is InChI=1S/C18H10O4/c19-15-8-14-13(17(21)18(15)22)7-11-5-9-3-1-2-4-10(9)6-12(11)16(14)20/h1-8,19,22H. The topological polar surface area (TPSA) is 74.6 Å². The number of carbonyl (C=O) groups is 2. The van der Waals surface area contributed by atoms with Crippen molar-refractivity contribution in [2.45, 2.75) is 0 Å². The van der Waals surface area contributed by atoms with E-state index < -0.39 is 17.3 Å². The fourth-order valence-corrected chi connectivity index (χ4v) is 2.85. The lowest BCUT2D eigenvalue weighted by Gasteiger charge is -2.21. The van der Waals surface area contributed by atoms with Crippen LogP contribution in [0.2, 0.25) is 0 Å². The van der Waals surface area contributed by atoms with Gasteiger partial charge in [-0.1, -0.05) is 24.3 Å². The number of aliphatic hydroxyl groups excluding tert-OH is 2. The van der Waals surface area contributed by atoms with E-state index in [1.54, 1.807) is 12.1 Å². The maximum atomic E-state index is 12.6. The Balaban J connectivity index is 2.02. The summed E-state index contributed by atoms with van der Waals surface area (Å²) in [6.45, 7) is 0. The molecule has 0 bridgehead atoms. The number of rotatable bonds is 0. The van der Waals surface area contributed by atoms with Crippen LogP contribution in [-0.2, 0) is 4.79 Å². The largest absolute Gasteiger partial charge is 0.504 e. The number of allylic oxidation sites excluding steroid dienone is 3. The molecule has 0 atom stereocenters. The lowest BCUT2D eigenvalue weighted by molar-refractivity contribution is -0.114. The Morgan fingerprint density at radius 1 is 0.773 bits per heavy atom. The Morgan fingerprint density at radius 2 is 1.41 bits per heavy atom. The average Bonchev–Trinajstić information content (AvgIpc) is 2.53. The lowest BCUT2D eigenvalue weighted by atomic mass is 9.81. The molecule has 4 nitrogen and oxygen atoms in total. The van der Waals surface area contributed by atoms with Crippen LogP contribution in [0.5, 0.6) is 0 Å². The highest BCUT2D eigenvalue weighted by molar-refractivity contribution is 6.29. The number of Topliss-reactive ketones (excluding diaryl/α,β-unsaturated/α-hetero) is 2. The summed E-state index contributed by atoms with van der Waals surface area (Å²) in [4.78, 5) is 24.7. The van der Waals surface area contributed by atoms with Crippen LogP contribution < -0.4 is 0 Å². The average molecular weight is 290 g/mol. The van der Waals surface area contributed by atoms with Crippen molar-refractivity contribution in [3.05, 3.63) is 76.3 Å². The molecule has 0 saturated heterocycles. The van der Waals surface area contributed by atoms with Gasteiger partial charge in [-0.05, 0) is 40.6 Å². The van der Waals surface area contributed by atoms with E-state index in [9.17, 15) is 19.8 Å². The molecule has 0 saturated carbocycles. The van der Waals surface area contributed by atoms with Gasteiger partial charge < -0.3 is 10.2 Å². The van der Waals surface area contributed by atoms with Crippen LogP contribution in [0.15, 0.2) is 65.1 Å². The van der Waals surface area contributed by atoms with Crippen molar-refractivity contribution in [1.29, 1.82) is 0 Å². The predicted molar refractivity (Wildman–Crippen MR) is 81.6 cm³/mol. The number of hydrogen-bond donors (Lipinski definition) is 2. The third kappa shape index (κ3) is 1.58. The molecule has 2 N–H and O–H groups in total. The summed E-state index contributed by atoms with van der Waals surface area (Å²) in [5, 5.41) is 21.0. The van der Waals surface area contributed by atoms with Crippen LogP contribution in [0.3, 0.4) is 0 Å². The van der Waals surface area contributed by atoms with Crippen molar-refractivity contribution in [2.24, 2.45) is 0 Å². The molecule has 0 aliphatic heterocycles. The highest BCUT2D eigenvalue weighted by atomic mass is 16.3. The number of benzene rings is 2. The monoisotopic (exact) mass is 290 g/mol. The lowest BCUT2D eigenvalue weighted by Crippen LogP contribution is -2.23. The van der Waals surface area contributed by atoms with E-state index >= 15 is 0 Å². The number of aliphatic hydroxyl groups is 2. The first-order valence-corrected chi connectivity index (χ1v) is 6.74. The van der Waals surface area contributed by atoms with Crippen molar-refractivity contribution in [2.75, 3.05) is 0 Å². The molecular weight excluding hydrogens is 280 g/mol. The van der Waals surface area contributed by atoms with E-state index in [0.717, 1.165) is 16.8 Å². The van der Waals surface area contributed by atoms with Gasteiger partial charge in [0.15, 0.2) is 11.5 Å². The van der Waals surface area contributed by atoms with Crippen LogP contribution in [0, 0.1) is 0 Å². The normalized spacial score (nSPS) is 17.1. The number of carbonyl (C=O) groups excluding carboxylic acids is 2.